The molecule has 0 aliphatic rings. The van der Waals surface area contributed by atoms with Crippen molar-refractivity contribution in [3.8, 4) is 0 Å². The molecule has 0 spiro atoms. The van der Waals surface area contributed by atoms with Gasteiger partial charge >= 0.3 is 5.97 Å². The van der Waals surface area contributed by atoms with E-state index in [-0.39, 0.29) is 0 Å². The number of aromatic carboxylic acids is 1. The zero-order chi connectivity index (χ0) is 7.72. The van der Waals surface area contributed by atoms with Crippen molar-refractivity contribution in [2.24, 2.45) is 0 Å². The Kier molecular flexibility index (Phi) is 2.70. The number of carboxylic acids is 1. The van der Waals surface area contributed by atoms with E-state index in [1.807, 2.05) is 22.6 Å². The van der Waals surface area contributed by atoms with Crippen LogP contribution in [0.4, 0.5) is 0 Å². The van der Waals surface area contributed by atoms with Crippen LogP contribution in [0, 0.1) is 2.88 Å². The molecule has 0 saturated heterocycles. The molecule has 10 heavy (non-hydrogen) atoms. The molecule has 0 unspecified atom stereocenters. The van der Waals surface area contributed by atoms with Crippen molar-refractivity contribution < 1.29 is 9.90 Å². The van der Waals surface area contributed by atoms with E-state index in [0.29, 0.717) is 5.56 Å². The van der Waals surface area contributed by atoms with Gasteiger partial charge in [-0.25, -0.2) is 4.79 Å². The average Bonchev–Trinajstić information content (AvgIpc) is 2.10. The summed E-state index contributed by atoms with van der Waals surface area (Å²) in [6, 6.07) is 1.61. The van der Waals surface area contributed by atoms with Gasteiger partial charge in [0.15, 0.2) is 0 Å². The van der Waals surface area contributed by atoms with E-state index in [1.165, 1.54) is 11.3 Å². The first kappa shape index (κ1) is 8.48. The maximum Gasteiger partial charge on any atom is 0.337 e. The highest BCUT2D eigenvalue weighted by atomic mass is 127. The Morgan fingerprint density at radius 1 is 1.80 bits per heavy atom. The van der Waals surface area contributed by atoms with Crippen LogP contribution in [0.15, 0.2) is 9.85 Å². The van der Waals surface area contributed by atoms with E-state index in [4.69, 9.17) is 5.11 Å². The summed E-state index contributed by atoms with van der Waals surface area (Å²) in [7, 11) is 0. The highest BCUT2D eigenvalue weighted by Gasteiger charge is 2.10. The quantitative estimate of drug-likeness (QED) is 0.803. The Bertz CT molecular complexity index is 271. The Hall–Kier alpha value is 0.380. The zero-order valence-electron chi connectivity index (χ0n) is 4.60. The summed E-state index contributed by atoms with van der Waals surface area (Å²) in [5, 5.41) is 8.56. The molecule has 0 saturated carbocycles. The van der Waals surface area contributed by atoms with Crippen LogP contribution in [0.3, 0.4) is 0 Å². The Labute approximate surface area is 83.5 Å². The highest BCUT2D eigenvalue weighted by molar-refractivity contribution is 14.1. The lowest BCUT2D eigenvalue weighted by Crippen LogP contribution is -1.94. The predicted molar refractivity (Wildman–Crippen MR) is 51.7 cm³/mol. The van der Waals surface area contributed by atoms with Crippen molar-refractivity contribution in [1.82, 2.24) is 0 Å². The van der Waals surface area contributed by atoms with Crippen molar-refractivity contribution >= 4 is 55.8 Å². The van der Waals surface area contributed by atoms with Gasteiger partial charge < -0.3 is 5.11 Å². The topological polar surface area (TPSA) is 37.3 Å². The molecule has 54 valence electrons. The van der Waals surface area contributed by atoms with Gasteiger partial charge in [0, 0.05) is 0 Å². The van der Waals surface area contributed by atoms with Crippen LogP contribution in [0.25, 0.3) is 0 Å². The van der Waals surface area contributed by atoms with E-state index < -0.39 is 5.97 Å². The van der Waals surface area contributed by atoms with E-state index in [9.17, 15) is 4.79 Å². The predicted octanol–water partition coefficient (Wildman–Crippen LogP) is 2.81. The van der Waals surface area contributed by atoms with Crippen molar-refractivity contribution in [3.63, 3.8) is 0 Å². The number of carbonyl (C=O) groups is 1. The zero-order valence-corrected chi connectivity index (χ0v) is 9.16. The summed E-state index contributed by atoms with van der Waals surface area (Å²) in [4.78, 5) is 10.4. The maximum atomic E-state index is 10.4. The minimum Gasteiger partial charge on any atom is -0.478 e. The molecular formula is C5H2BrIO2S. The number of hydrogen-bond acceptors (Lipinski definition) is 2. The van der Waals surface area contributed by atoms with Gasteiger partial charge in [0.2, 0.25) is 0 Å². The highest BCUT2D eigenvalue weighted by Crippen LogP contribution is 2.28. The number of hydrogen-bond donors (Lipinski definition) is 1. The van der Waals surface area contributed by atoms with E-state index in [1.54, 1.807) is 6.07 Å². The second-order valence-corrected chi connectivity index (χ2v) is 5.79. The maximum absolute atomic E-state index is 10.4. The summed E-state index contributed by atoms with van der Waals surface area (Å²) in [5.74, 6) is -0.869. The molecule has 1 aromatic rings. The molecule has 1 aromatic heterocycles. The Morgan fingerprint density at radius 2 is 2.40 bits per heavy atom. The van der Waals surface area contributed by atoms with Crippen molar-refractivity contribution in [1.29, 1.82) is 0 Å². The molecule has 0 atom stereocenters. The molecule has 5 heteroatoms. The number of rotatable bonds is 1. The van der Waals surface area contributed by atoms with Crippen LogP contribution in [0.5, 0.6) is 0 Å². The molecule has 0 aliphatic carbocycles. The van der Waals surface area contributed by atoms with Gasteiger partial charge in [-0.1, -0.05) is 0 Å². The van der Waals surface area contributed by atoms with Gasteiger partial charge in [-0.15, -0.1) is 11.3 Å². The van der Waals surface area contributed by atoms with Crippen molar-refractivity contribution in [3.05, 3.63) is 18.3 Å². The van der Waals surface area contributed by atoms with Gasteiger partial charge in [0.05, 0.1) is 12.2 Å². The fourth-order valence-corrected chi connectivity index (χ4v) is 3.81. The normalized spacial score (nSPS) is 9.80. The summed E-state index contributed by atoms with van der Waals surface area (Å²) in [6.45, 7) is 0. The van der Waals surface area contributed by atoms with E-state index in [0.717, 1.165) is 6.67 Å². The van der Waals surface area contributed by atoms with Crippen LogP contribution in [-0.4, -0.2) is 11.1 Å². The summed E-state index contributed by atoms with van der Waals surface area (Å²) in [5.41, 5.74) is 0.373. The first-order valence-corrected chi connectivity index (χ1v) is 4.98. The van der Waals surface area contributed by atoms with Gasteiger partial charge in [0.1, 0.15) is 0 Å². The van der Waals surface area contributed by atoms with Gasteiger partial charge in [0.25, 0.3) is 0 Å². The lowest BCUT2D eigenvalue weighted by Gasteiger charge is -1.84. The molecule has 1 heterocycles. The number of thiophene rings is 1. The molecule has 0 bridgehead atoms. The first-order valence-electron chi connectivity index (χ1n) is 2.29. The lowest BCUT2D eigenvalue weighted by atomic mass is 10.4. The third-order valence-electron chi connectivity index (χ3n) is 0.887. The van der Waals surface area contributed by atoms with E-state index >= 15 is 0 Å². The monoisotopic (exact) mass is 332 g/mol. The molecule has 2 nitrogen and oxygen atoms in total. The van der Waals surface area contributed by atoms with Crippen LogP contribution < -0.4 is 0 Å². The second kappa shape index (κ2) is 3.19. The van der Waals surface area contributed by atoms with Gasteiger partial charge in [-0.3, -0.25) is 0 Å². The molecule has 0 radical (unpaired) electrons. The van der Waals surface area contributed by atoms with Crippen LogP contribution >= 0.6 is 49.9 Å². The average molecular weight is 333 g/mol. The van der Waals surface area contributed by atoms with E-state index in [2.05, 4.69) is 15.9 Å². The molecular weight excluding hydrogens is 331 g/mol. The molecule has 1 N–H and O–H groups in total. The minimum atomic E-state index is -0.869. The van der Waals surface area contributed by atoms with Gasteiger partial charge in [-0.2, -0.15) is 0 Å². The number of halogens is 2. The summed E-state index contributed by atoms with van der Waals surface area (Å²) >= 11 is 6.63. The standard InChI is InChI=1S/C5H2BrIO2S/c6-3-1-2(5(8)9)4(7)10-3/h1H,(H,8,9). The third kappa shape index (κ3) is 1.70. The summed E-state index contributed by atoms with van der Waals surface area (Å²) < 4.78 is 1.66. The van der Waals surface area contributed by atoms with Gasteiger partial charge in [-0.05, 0) is 44.6 Å². The molecule has 0 aliphatic heterocycles. The minimum absolute atomic E-state index is 0.373. The SMILES string of the molecule is O=C(O)c1cc(Br)sc1I. The summed E-state index contributed by atoms with van der Waals surface area (Å²) in [6.07, 6.45) is 0. The van der Waals surface area contributed by atoms with Crippen molar-refractivity contribution in [2.75, 3.05) is 0 Å². The number of carboxylic acid groups (broad SMARTS) is 1. The molecule has 0 aromatic carbocycles. The second-order valence-electron chi connectivity index (χ2n) is 1.54. The fourth-order valence-electron chi connectivity index (χ4n) is 0.486. The first-order chi connectivity index (χ1) is 4.61. The van der Waals surface area contributed by atoms with Crippen LogP contribution in [0.2, 0.25) is 0 Å². The third-order valence-corrected chi connectivity index (χ3v) is 3.56. The lowest BCUT2D eigenvalue weighted by molar-refractivity contribution is 0.0696. The van der Waals surface area contributed by atoms with Crippen molar-refractivity contribution in [2.45, 2.75) is 0 Å². The largest absolute Gasteiger partial charge is 0.478 e. The smallest absolute Gasteiger partial charge is 0.337 e. The molecule has 1 rings (SSSR count). The van der Waals surface area contributed by atoms with Crippen LogP contribution in [0.1, 0.15) is 10.4 Å². The molecule has 0 amide bonds. The Morgan fingerprint density at radius 3 is 2.60 bits per heavy atom. The Balaban J connectivity index is 3.15. The molecule has 0 fully saturated rings. The van der Waals surface area contributed by atoms with Crippen LogP contribution in [-0.2, 0) is 0 Å². The fraction of sp³-hybridized carbons (Fsp3) is 0.